The van der Waals surface area contributed by atoms with E-state index in [1.807, 2.05) is 39.0 Å². The molecule has 1 amide bonds. The van der Waals surface area contributed by atoms with Crippen LogP contribution >= 0.6 is 11.6 Å². The molecule has 0 saturated heterocycles. The van der Waals surface area contributed by atoms with Crippen molar-refractivity contribution >= 4 is 33.2 Å². The number of carbonyl (C=O) groups is 1. The fourth-order valence-corrected chi connectivity index (χ4v) is 4.87. The molecule has 0 aromatic heterocycles. The van der Waals surface area contributed by atoms with Gasteiger partial charge in [0.2, 0.25) is 5.91 Å². The Balaban J connectivity index is 1.71. The van der Waals surface area contributed by atoms with Gasteiger partial charge >= 0.3 is 0 Å². The Morgan fingerprint density at radius 1 is 0.970 bits per heavy atom. The fourth-order valence-electron chi connectivity index (χ4n) is 3.14. The molecule has 174 valence electrons. The van der Waals surface area contributed by atoms with Crippen LogP contribution in [0.1, 0.15) is 16.7 Å². The number of anilines is 1. The summed E-state index contributed by atoms with van der Waals surface area (Å²) in [5, 5.41) is 2.95. The van der Waals surface area contributed by atoms with E-state index < -0.39 is 22.5 Å². The number of ether oxygens (including phenoxy) is 1. The van der Waals surface area contributed by atoms with Crippen molar-refractivity contribution in [3.63, 3.8) is 0 Å². The molecule has 0 saturated carbocycles. The van der Waals surface area contributed by atoms with Gasteiger partial charge in [0.25, 0.3) is 10.0 Å². The molecule has 33 heavy (non-hydrogen) atoms. The molecule has 3 aromatic rings. The molecule has 8 heteroatoms. The topological polar surface area (TPSA) is 75.7 Å². The van der Waals surface area contributed by atoms with E-state index in [-0.39, 0.29) is 28.8 Å². The fraction of sp³-hybridized carbons (Fsp3) is 0.240. The van der Waals surface area contributed by atoms with Gasteiger partial charge in [0, 0.05) is 0 Å². The molecule has 3 rings (SSSR count). The first-order valence-corrected chi connectivity index (χ1v) is 12.3. The van der Waals surface area contributed by atoms with Gasteiger partial charge in [0.1, 0.15) is 18.9 Å². The van der Waals surface area contributed by atoms with Gasteiger partial charge in [-0.2, -0.15) is 0 Å². The standard InChI is InChI=1S/C25H27ClN2O4S/c1-18-8-12-22(13-9-18)33(30,31)28(24-7-5-4-6-23(24)26)17-25(29)27-14-15-32-21-11-10-19(2)20(3)16-21/h4-13,16H,14-15,17H2,1-3H3,(H,27,29). The van der Waals surface area contributed by atoms with Crippen molar-refractivity contribution in [3.8, 4) is 5.75 Å². The Morgan fingerprint density at radius 3 is 2.33 bits per heavy atom. The average molecular weight is 487 g/mol. The molecule has 0 unspecified atom stereocenters. The first-order valence-electron chi connectivity index (χ1n) is 10.5. The molecule has 0 aliphatic rings. The van der Waals surface area contributed by atoms with Crippen LogP contribution in [0.25, 0.3) is 0 Å². The second-order valence-corrected chi connectivity index (χ2v) is 9.99. The summed E-state index contributed by atoms with van der Waals surface area (Å²) in [6.45, 7) is 5.97. The summed E-state index contributed by atoms with van der Waals surface area (Å²) in [6, 6.07) is 18.8. The zero-order valence-electron chi connectivity index (χ0n) is 18.8. The molecule has 0 spiro atoms. The van der Waals surface area contributed by atoms with Gasteiger partial charge in [-0.1, -0.05) is 47.5 Å². The smallest absolute Gasteiger partial charge is 0.264 e. The number of hydrogen-bond donors (Lipinski definition) is 1. The van der Waals surface area contributed by atoms with Crippen molar-refractivity contribution in [2.24, 2.45) is 0 Å². The van der Waals surface area contributed by atoms with E-state index in [0.717, 1.165) is 15.4 Å². The van der Waals surface area contributed by atoms with Crippen LogP contribution in [0.5, 0.6) is 5.75 Å². The first-order chi connectivity index (χ1) is 15.7. The van der Waals surface area contributed by atoms with Crippen LogP contribution in [0.2, 0.25) is 5.02 Å². The predicted octanol–water partition coefficient (Wildman–Crippen LogP) is 4.66. The van der Waals surface area contributed by atoms with E-state index in [0.29, 0.717) is 5.75 Å². The lowest BCUT2D eigenvalue weighted by Gasteiger charge is -2.25. The van der Waals surface area contributed by atoms with E-state index in [4.69, 9.17) is 16.3 Å². The lowest BCUT2D eigenvalue weighted by Crippen LogP contribution is -2.42. The molecule has 3 aromatic carbocycles. The van der Waals surface area contributed by atoms with Gasteiger partial charge in [-0.25, -0.2) is 8.42 Å². The van der Waals surface area contributed by atoms with Crippen LogP contribution in [0.3, 0.4) is 0 Å². The van der Waals surface area contributed by atoms with Crippen LogP contribution in [-0.2, 0) is 14.8 Å². The molecule has 1 N–H and O–H groups in total. The maximum absolute atomic E-state index is 13.4. The van der Waals surface area contributed by atoms with Crippen LogP contribution < -0.4 is 14.4 Å². The number of sulfonamides is 1. The van der Waals surface area contributed by atoms with Crippen molar-refractivity contribution in [1.29, 1.82) is 0 Å². The van der Waals surface area contributed by atoms with Crippen molar-refractivity contribution in [3.05, 3.63) is 88.4 Å². The summed E-state index contributed by atoms with van der Waals surface area (Å²) in [4.78, 5) is 12.7. The summed E-state index contributed by atoms with van der Waals surface area (Å²) in [7, 11) is -4.01. The Bertz CT molecular complexity index is 1230. The number of halogens is 1. The number of para-hydroxylation sites is 1. The molecular weight excluding hydrogens is 460 g/mol. The van der Waals surface area contributed by atoms with E-state index in [2.05, 4.69) is 5.32 Å². The van der Waals surface area contributed by atoms with Gasteiger partial charge in [0.15, 0.2) is 0 Å². The lowest BCUT2D eigenvalue weighted by molar-refractivity contribution is -0.119. The van der Waals surface area contributed by atoms with Gasteiger partial charge in [-0.3, -0.25) is 9.10 Å². The van der Waals surface area contributed by atoms with Crippen molar-refractivity contribution in [2.75, 3.05) is 24.0 Å². The molecule has 0 fully saturated rings. The third kappa shape index (κ3) is 6.27. The highest BCUT2D eigenvalue weighted by molar-refractivity contribution is 7.92. The maximum Gasteiger partial charge on any atom is 0.264 e. The summed E-state index contributed by atoms with van der Waals surface area (Å²) in [5.41, 5.74) is 3.46. The zero-order chi connectivity index (χ0) is 24.0. The number of benzene rings is 3. The monoisotopic (exact) mass is 486 g/mol. The van der Waals surface area contributed by atoms with Crippen molar-refractivity contribution in [1.82, 2.24) is 5.32 Å². The minimum Gasteiger partial charge on any atom is -0.492 e. The van der Waals surface area contributed by atoms with Gasteiger partial charge in [-0.15, -0.1) is 0 Å². The number of nitrogens with one attached hydrogen (secondary N) is 1. The number of hydrogen-bond acceptors (Lipinski definition) is 4. The van der Waals surface area contributed by atoms with Gasteiger partial charge in [0.05, 0.1) is 22.2 Å². The molecule has 6 nitrogen and oxygen atoms in total. The molecule has 0 aliphatic carbocycles. The Hall–Kier alpha value is -3.03. The quantitative estimate of drug-likeness (QED) is 0.446. The number of aryl methyl sites for hydroxylation is 3. The molecule has 0 atom stereocenters. The summed E-state index contributed by atoms with van der Waals surface area (Å²) in [5.74, 6) is 0.251. The Labute approximate surface area is 200 Å². The molecule has 0 bridgehead atoms. The summed E-state index contributed by atoms with van der Waals surface area (Å²) in [6.07, 6.45) is 0. The Morgan fingerprint density at radius 2 is 1.67 bits per heavy atom. The van der Waals surface area contributed by atoms with Crippen molar-refractivity contribution in [2.45, 2.75) is 25.7 Å². The third-order valence-electron chi connectivity index (χ3n) is 5.19. The predicted molar refractivity (Wildman–Crippen MR) is 132 cm³/mol. The molecule has 0 heterocycles. The number of rotatable bonds is 9. The van der Waals surface area contributed by atoms with E-state index in [9.17, 15) is 13.2 Å². The van der Waals surface area contributed by atoms with E-state index in [1.54, 1.807) is 36.4 Å². The van der Waals surface area contributed by atoms with Gasteiger partial charge < -0.3 is 10.1 Å². The SMILES string of the molecule is Cc1ccc(S(=O)(=O)N(CC(=O)NCCOc2ccc(C)c(C)c2)c2ccccc2Cl)cc1. The lowest BCUT2D eigenvalue weighted by atomic mass is 10.1. The largest absolute Gasteiger partial charge is 0.492 e. The van der Waals surface area contributed by atoms with Gasteiger partial charge in [-0.05, 0) is 68.3 Å². The van der Waals surface area contributed by atoms with E-state index in [1.165, 1.54) is 17.7 Å². The average Bonchev–Trinajstić information content (AvgIpc) is 2.78. The maximum atomic E-state index is 13.4. The third-order valence-corrected chi connectivity index (χ3v) is 7.28. The van der Waals surface area contributed by atoms with E-state index >= 15 is 0 Å². The number of carbonyl (C=O) groups excluding carboxylic acids is 1. The highest BCUT2D eigenvalue weighted by atomic mass is 35.5. The zero-order valence-corrected chi connectivity index (χ0v) is 20.4. The van der Waals surface area contributed by atoms with Crippen LogP contribution in [0.4, 0.5) is 5.69 Å². The minimum atomic E-state index is -4.01. The second-order valence-electron chi connectivity index (χ2n) is 7.72. The highest BCUT2D eigenvalue weighted by Crippen LogP contribution is 2.30. The number of nitrogens with zero attached hydrogens (tertiary/aromatic N) is 1. The molecule has 0 radical (unpaired) electrons. The van der Waals surface area contributed by atoms with Crippen molar-refractivity contribution < 1.29 is 17.9 Å². The second kappa shape index (κ2) is 10.7. The van der Waals surface area contributed by atoms with Crippen LogP contribution in [-0.4, -0.2) is 34.0 Å². The summed E-state index contributed by atoms with van der Waals surface area (Å²) < 4.78 is 33.4. The normalized spacial score (nSPS) is 11.2. The number of amides is 1. The van der Waals surface area contributed by atoms with Crippen LogP contribution in [0, 0.1) is 20.8 Å². The minimum absolute atomic E-state index is 0.0823. The summed E-state index contributed by atoms with van der Waals surface area (Å²) >= 11 is 6.28. The Kier molecular flexibility index (Phi) is 8.00. The molecular formula is C25H27ClN2O4S. The molecule has 0 aliphatic heterocycles. The first kappa shape index (κ1) is 24.6. The highest BCUT2D eigenvalue weighted by Gasteiger charge is 2.28. The van der Waals surface area contributed by atoms with Crippen LogP contribution in [0.15, 0.2) is 71.6 Å².